The average molecular weight is 250 g/mol. The van der Waals surface area contributed by atoms with Crippen LogP contribution in [0.4, 0.5) is 0 Å². The van der Waals surface area contributed by atoms with E-state index < -0.39 is 5.97 Å². The summed E-state index contributed by atoms with van der Waals surface area (Å²) in [6.45, 7) is 8.90. The van der Waals surface area contributed by atoms with E-state index in [9.17, 15) is 4.79 Å². The molecule has 0 bridgehead atoms. The Balaban J connectivity index is 2.25. The molecule has 0 aromatic carbocycles. The Kier molecular flexibility index (Phi) is 3.57. The number of fused-ring (bicyclic) bond motifs is 1. The van der Waals surface area contributed by atoms with E-state index in [1.807, 2.05) is 0 Å². The normalized spacial score (nSPS) is 37.9. The fourth-order valence-electron chi connectivity index (χ4n) is 4.00. The van der Waals surface area contributed by atoms with E-state index in [0.717, 1.165) is 24.7 Å². The minimum Gasteiger partial charge on any atom is -0.478 e. The molecular weight excluding hydrogens is 224 g/mol. The molecule has 102 valence electrons. The number of allylic oxidation sites excluding steroid dienone is 1. The number of carboxylic acids is 1. The number of hydrogen-bond acceptors (Lipinski definition) is 1. The summed E-state index contributed by atoms with van der Waals surface area (Å²) in [5, 5.41) is 9.15. The molecule has 0 amide bonds. The maximum atomic E-state index is 11.1. The third kappa shape index (κ3) is 2.22. The maximum Gasteiger partial charge on any atom is 0.331 e. The van der Waals surface area contributed by atoms with Crippen molar-refractivity contribution >= 4 is 5.97 Å². The van der Waals surface area contributed by atoms with Gasteiger partial charge < -0.3 is 5.11 Å². The van der Waals surface area contributed by atoms with Crippen LogP contribution in [0.1, 0.15) is 59.8 Å². The third-order valence-electron chi connectivity index (χ3n) is 5.90. The number of carbonyl (C=O) groups is 1. The Bertz CT molecular complexity index is 379. The van der Waals surface area contributed by atoms with Crippen LogP contribution in [0.5, 0.6) is 0 Å². The van der Waals surface area contributed by atoms with E-state index >= 15 is 0 Å². The van der Waals surface area contributed by atoms with Gasteiger partial charge in [-0.25, -0.2) is 4.79 Å². The van der Waals surface area contributed by atoms with Gasteiger partial charge in [-0.2, -0.15) is 0 Å². The van der Waals surface area contributed by atoms with Crippen molar-refractivity contribution < 1.29 is 9.90 Å². The first-order chi connectivity index (χ1) is 8.34. The highest BCUT2D eigenvalue weighted by Crippen LogP contribution is 2.54. The monoisotopic (exact) mass is 250 g/mol. The van der Waals surface area contributed by atoms with Gasteiger partial charge in [0.2, 0.25) is 0 Å². The summed E-state index contributed by atoms with van der Waals surface area (Å²) in [6, 6.07) is 0. The summed E-state index contributed by atoms with van der Waals surface area (Å²) in [5.41, 5.74) is 2.15. The summed E-state index contributed by atoms with van der Waals surface area (Å²) in [4.78, 5) is 11.1. The molecule has 18 heavy (non-hydrogen) atoms. The molecule has 2 nitrogen and oxygen atoms in total. The van der Waals surface area contributed by atoms with Gasteiger partial charge in [-0.15, -0.1) is 0 Å². The molecule has 0 heterocycles. The topological polar surface area (TPSA) is 37.3 Å². The summed E-state index contributed by atoms with van der Waals surface area (Å²) < 4.78 is 0. The van der Waals surface area contributed by atoms with Gasteiger partial charge in [-0.3, -0.25) is 0 Å². The SMILES string of the molecule is C/C(C(=O)O)=C1\CC[C@H]2CC[C@H](C)C(C)(C)[C@@H]2C1. The molecule has 2 saturated carbocycles. The Morgan fingerprint density at radius 2 is 1.94 bits per heavy atom. The highest BCUT2D eigenvalue weighted by Gasteiger charge is 2.45. The van der Waals surface area contributed by atoms with E-state index in [1.54, 1.807) is 6.92 Å². The van der Waals surface area contributed by atoms with Crippen molar-refractivity contribution in [1.82, 2.24) is 0 Å². The zero-order valence-corrected chi connectivity index (χ0v) is 12.1. The van der Waals surface area contributed by atoms with Crippen LogP contribution < -0.4 is 0 Å². The first kappa shape index (κ1) is 13.6. The van der Waals surface area contributed by atoms with Gasteiger partial charge in [0.15, 0.2) is 0 Å². The van der Waals surface area contributed by atoms with Gasteiger partial charge in [-0.1, -0.05) is 26.3 Å². The second-order valence-corrected chi connectivity index (χ2v) is 6.94. The number of carboxylic acid groups (broad SMARTS) is 1. The second kappa shape index (κ2) is 4.71. The second-order valence-electron chi connectivity index (χ2n) is 6.94. The zero-order valence-electron chi connectivity index (χ0n) is 12.1. The predicted molar refractivity (Wildman–Crippen MR) is 73.3 cm³/mol. The Morgan fingerprint density at radius 3 is 2.56 bits per heavy atom. The Morgan fingerprint density at radius 1 is 1.28 bits per heavy atom. The molecular formula is C16H26O2. The van der Waals surface area contributed by atoms with Gasteiger partial charge >= 0.3 is 5.97 Å². The lowest BCUT2D eigenvalue weighted by Crippen LogP contribution is -2.42. The Hall–Kier alpha value is -0.790. The lowest BCUT2D eigenvalue weighted by molar-refractivity contribution is -0.132. The molecule has 0 spiro atoms. The molecule has 2 rings (SSSR count). The van der Waals surface area contributed by atoms with Crippen LogP contribution in [0.3, 0.4) is 0 Å². The van der Waals surface area contributed by atoms with Gasteiger partial charge in [0, 0.05) is 5.57 Å². The lowest BCUT2D eigenvalue weighted by Gasteiger charge is -2.51. The number of hydrogen-bond donors (Lipinski definition) is 1. The standard InChI is InChI=1S/C16H26O2/c1-10-5-6-12-7-8-13(11(2)15(17)18)9-14(12)16(10,3)4/h10,12,14H,5-9H2,1-4H3,(H,17,18)/b13-11-/t10-,12+,14+/m0/s1. The minimum atomic E-state index is -0.731. The first-order valence-electron chi connectivity index (χ1n) is 7.26. The van der Waals surface area contributed by atoms with E-state index in [4.69, 9.17) is 5.11 Å². The molecule has 2 aliphatic rings. The Labute approximate surface area is 110 Å². The molecule has 2 fully saturated rings. The van der Waals surface area contributed by atoms with E-state index in [1.165, 1.54) is 24.8 Å². The summed E-state index contributed by atoms with van der Waals surface area (Å²) >= 11 is 0. The van der Waals surface area contributed by atoms with Crippen molar-refractivity contribution in [2.75, 3.05) is 0 Å². The largest absolute Gasteiger partial charge is 0.478 e. The number of rotatable bonds is 1. The van der Waals surface area contributed by atoms with Crippen LogP contribution in [0.25, 0.3) is 0 Å². The van der Waals surface area contributed by atoms with Crippen molar-refractivity contribution in [3.63, 3.8) is 0 Å². The van der Waals surface area contributed by atoms with Crippen LogP contribution in [-0.4, -0.2) is 11.1 Å². The molecule has 0 radical (unpaired) electrons. The van der Waals surface area contributed by atoms with Crippen LogP contribution in [0, 0.1) is 23.2 Å². The van der Waals surface area contributed by atoms with Crippen molar-refractivity contribution in [3.8, 4) is 0 Å². The van der Waals surface area contributed by atoms with Crippen LogP contribution in [0.15, 0.2) is 11.1 Å². The maximum absolute atomic E-state index is 11.1. The van der Waals surface area contributed by atoms with Gasteiger partial charge in [0.25, 0.3) is 0 Å². The molecule has 0 aromatic heterocycles. The van der Waals surface area contributed by atoms with Crippen LogP contribution in [0.2, 0.25) is 0 Å². The van der Waals surface area contributed by atoms with E-state index in [-0.39, 0.29) is 0 Å². The summed E-state index contributed by atoms with van der Waals surface area (Å²) in [7, 11) is 0. The fraction of sp³-hybridized carbons (Fsp3) is 0.812. The van der Waals surface area contributed by atoms with Gasteiger partial charge in [0.1, 0.15) is 0 Å². The minimum absolute atomic E-state index is 0.355. The summed E-state index contributed by atoms with van der Waals surface area (Å²) in [5.74, 6) is 1.52. The van der Waals surface area contributed by atoms with E-state index in [0.29, 0.717) is 16.9 Å². The van der Waals surface area contributed by atoms with Crippen LogP contribution >= 0.6 is 0 Å². The molecule has 0 saturated heterocycles. The molecule has 2 aliphatic carbocycles. The third-order valence-corrected chi connectivity index (χ3v) is 5.90. The first-order valence-corrected chi connectivity index (χ1v) is 7.26. The fourth-order valence-corrected chi connectivity index (χ4v) is 4.00. The molecule has 0 aromatic rings. The molecule has 0 unspecified atom stereocenters. The van der Waals surface area contributed by atoms with Gasteiger partial charge in [-0.05, 0) is 62.2 Å². The van der Waals surface area contributed by atoms with Crippen LogP contribution in [-0.2, 0) is 4.79 Å². The number of aliphatic carboxylic acids is 1. The average Bonchev–Trinajstić information content (AvgIpc) is 2.33. The summed E-state index contributed by atoms with van der Waals surface area (Å²) in [6.07, 6.45) is 5.89. The highest BCUT2D eigenvalue weighted by molar-refractivity contribution is 5.86. The van der Waals surface area contributed by atoms with Crippen molar-refractivity contribution in [2.45, 2.75) is 59.8 Å². The van der Waals surface area contributed by atoms with Crippen molar-refractivity contribution in [3.05, 3.63) is 11.1 Å². The molecule has 2 heteroatoms. The smallest absolute Gasteiger partial charge is 0.331 e. The quantitative estimate of drug-likeness (QED) is 0.706. The molecule has 3 atom stereocenters. The lowest BCUT2D eigenvalue weighted by atomic mass is 9.54. The highest BCUT2D eigenvalue weighted by atomic mass is 16.4. The van der Waals surface area contributed by atoms with Crippen molar-refractivity contribution in [1.29, 1.82) is 0 Å². The van der Waals surface area contributed by atoms with E-state index in [2.05, 4.69) is 20.8 Å². The van der Waals surface area contributed by atoms with Crippen molar-refractivity contribution in [2.24, 2.45) is 23.2 Å². The predicted octanol–water partition coefficient (Wildman–Crippen LogP) is 4.26. The molecule has 0 aliphatic heterocycles. The molecule has 1 N–H and O–H groups in total. The van der Waals surface area contributed by atoms with Gasteiger partial charge in [0.05, 0.1) is 0 Å². The zero-order chi connectivity index (χ0) is 13.5.